The number of non-ortho nitro benzene ring substituents is 1. The summed E-state index contributed by atoms with van der Waals surface area (Å²) in [7, 11) is 0. The molecule has 0 saturated heterocycles. The monoisotopic (exact) mass is 363 g/mol. The van der Waals surface area contributed by atoms with Gasteiger partial charge in [-0.2, -0.15) is 0 Å². The third-order valence-corrected chi connectivity index (χ3v) is 3.60. The lowest BCUT2D eigenvalue weighted by molar-refractivity contribution is -0.384. The number of nitrogens with zero attached hydrogens (tertiary/aromatic N) is 1. The summed E-state index contributed by atoms with van der Waals surface area (Å²) in [6.07, 6.45) is 0. The second-order valence-electron chi connectivity index (χ2n) is 4.97. The molecule has 8 nitrogen and oxygen atoms in total. The lowest BCUT2D eigenvalue weighted by Crippen LogP contribution is -2.28. The Balaban J connectivity index is 1.88. The molecule has 9 heteroatoms. The van der Waals surface area contributed by atoms with Gasteiger partial charge in [-0.05, 0) is 17.7 Å². The fourth-order valence-corrected chi connectivity index (χ4v) is 2.15. The standard InChI is InChI=1S/C16H14ClN3O5/c17-13-4-2-1-3-10(13)8-19-15(21)9-25-16(22)12-6-5-11(20(23)24)7-14(12)18/h1-7H,8-9,18H2,(H,19,21). The van der Waals surface area contributed by atoms with E-state index in [4.69, 9.17) is 22.1 Å². The Morgan fingerprint density at radius 3 is 2.60 bits per heavy atom. The van der Waals surface area contributed by atoms with Crippen LogP contribution in [-0.2, 0) is 16.1 Å². The number of nitro groups is 1. The Kier molecular flexibility index (Phi) is 5.91. The Bertz CT molecular complexity index is 825. The Morgan fingerprint density at radius 1 is 1.24 bits per heavy atom. The molecule has 0 aromatic heterocycles. The number of rotatable bonds is 6. The van der Waals surface area contributed by atoms with Gasteiger partial charge < -0.3 is 15.8 Å². The van der Waals surface area contributed by atoms with Crippen molar-refractivity contribution in [2.24, 2.45) is 0 Å². The van der Waals surface area contributed by atoms with Crippen LogP contribution < -0.4 is 11.1 Å². The molecule has 2 aromatic carbocycles. The van der Waals surface area contributed by atoms with Crippen LogP contribution in [0.1, 0.15) is 15.9 Å². The third-order valence-electron chi connectivity index (χ3n) is 3.23. The number of carbonyl (C=O) groups is 2. The summed E-state index contributed by atoms with van der Waals surface area (Å²) in [5.41, 5.74) is 5.93. The van der Waals surface area contributed by atoms with Crippen molar-refractivity contribution in [2.75, 3.05) is 12.3 Å². The van der Waals surface area contributed by atoms with Crippen molar-refractivity contribution in [1.82, 2.24) is 5.32 Å². The van der Waals surface area contributed by atoms with Gasteiger partial charge in [0.25, 0.3) is 11.6 Å². The van der Waals surface area contributed by atoms with E-state index in [0.29, 0.717) is 5.02 Å². The molecule has 0 saturated carbocycles. The Morgan fingerprint density at radius 2 is 1.96 bits per heavy atom. The molecule has 0 radical (unpaired) electrons. The number of anilines is 1. The average Bonchev–Trinajstić information content (AvgIpc) is 2.58. The van der Waals surface area contributed by atoms with E-state index in [-0.39, 0.29) is 23.5 Å². The zero-order chi connectivity index (χ0) is 18.4. The molecule has 2 aromatic rings. The maximum atomic E-state index is 11.9. The zero-order valence-corrected chi connectivity index (χ0v) is 13.7. The topological polar surface area (TPSA) is 125 Å². The Labute approximate surface area is 147 Å². The van der Waals surface area contributed by atoms with Crippen LogP contribution in [0, 0.1) is 10.1 Å². The van der Waals surface area contributed by atoms with Crippen LogP contribution in [0.25, 0.3) is 0 Å². The molecule has 1 amide bonds. The molecule has 0 unspecified atom stereocenters. The third kappa shape index (κ3) is 4.92. The Hall–Kier alpha value is -3.13. The van der Waals surface area contributed by atoms with Gasteiger partial charge in [0.05, 0.1) is 16.2 Å². The highest BCUT2D eigenvalue weighted by Crippen LogP contribution is 2.20. The van der Waals surface area contributed by atoms with Crippen molar-refractivity contribution < 1.29 is 19.2 Å². The van der Waals surface area contributed by atoms with Crippen molar-refractivity contribution in [3.8, 4) is 0 Å². The summed E-state index contributed by atoms with van der Waals surface area (Å²) in [4.78, 5) is 33.6. The second-order valence-corrected chi connectivity index (χ2v) is 5.38. The van der Waals surface area contributed by atoms with Crippen molar-refractivity contribution in [3.63, 3.8) is 0 Å². The predicted molar refractivity (Wildman–Crippen MR) is 91.1 cm³/mol. The van der Waals surface area contributed by atoms with Crippen LogP contribution in [0.2, 0.25) is 5.02 Å². The fraction of sp³-hybridized carbons (Fsp3) is 0.125. The lowest BCUT2D eigenvalue weighted by atomic mass is 10.1. The van der Waals surface area contributed by atoms with E-state index >= 15 is 0 Å². The number of nitrogens with one attached hydrogen (secondary N) is 1. The minimum absolute atomic E-state index is 0.0514. The van der Waals surface area contributed by atoms with Gasteiger partial charge in [-0.25, -0.2) is 4.79 Å². The highest BCUT2D eigenvalue weighted by atomic mass is 35.5. The maximum absolute atomic E-state index is 11.9. The van der Waals surface area contributed by atoms with Gasteiger partial charge in [0, 0.05) is 23.7 Å². The molecule has 130 valence electrons. The number of benzene rings is 2. The van der Waals surface area contributed by atoms with E-state index < -0.39 is 23.4 Å². The summed E-state index contributed by atoms with van der Waals surface area (Å²) in [6.45, 7) is -0.324. The van der Waals surface area contributed by atoms with E-state index in [1.165, 1.54) is 6.07 Å². The minimum atomic E-state index is -0.847. The van der Waals surface area contributed by atoms with E-state index in [0.717, 1.165) is 17.7 Å². The second kappa shape index (κ2) is 8.11. The maximum Gasteiger partial charge on any atom is 0.340 e. The molecule has 0 fully saturated rings. The number of carbonyl (C=O) groups excluding carboxylic acids is 2. The van der Waals surface area contributed by atoms with Crippen molar-refractivity contribution >= 4 is 34.9 Å². The van der Waals surface area contributed by atoms with Crippen LogP contribution >= 0.6 is 11.6 Å². The van der Waals surface area contributed by atoms with Crippen LogP contribution in [0.15, 0.2) is 42.5 Å². The number of nitrogens with two attached hydrogens (primary N) is 1. The highest BCUT2D eigenvalue weighted by molar-refractivity contribution is 6.31. The number of nitrogen functional groups attached to an aromatic ring is 1. The largest absolute Gasteiger partial charge is 0.452 e. The van der Waals surface area contributed by atoms with E-state index in [1.54, 1.807) is 24.3 Å². The number of esters is 1. The van der Waals surface area contributed by atoms with Gasteiger partial charge in [0.1, 0.15) is 0 Å². The first kappa shape index (κ1) is 18.2. The number of hydrogen-bond acceptors (Lipinski definition) is 6. The molecule has 0 aliphatic carbocycles. The van der Waals surface area contributed by atoms with Crippen molar-refractivity contribution in [1.29, 1.82) is 0 Å². The molecule has 0 aliphatic rings. The fourth-order valence-electron chi connectivity index (χ4n) is 1.95. The first-order valence-electron chi connectivity index (χ1n) is 7.09. The van der Waals surface area contributed by atoms with E-state index in [9.17, 15) is 19.7 Å². The summed E-state index contributed by atoms with van der Waals surface area (Å²) in [6, 6.07) is 10.4. The molecular weight excluding hydrogens is 350 g/mol. The SMILES string of the molecule is Nc1cc([N+](=O)[O-])ccc1C(=O)OCC(=O)NCc1ccccc1Cl. The quantitative estimate of drug-likeness (QED) is 0.351. The van der Waals surface area contributed by atoms with E-state index in [1.807, 2.05) is 0 Å². The van der Waals surface area contributed by atoms with Crippen LogP contribution in [0.4, 0.5) is 11.4 Å². The number of ether oxygens (including phenoxy) is 1. The summed E-state index contributed by atoms with van der Waals surface area (Å²) in [5, 5.41) is 13.7. The molecule has 2 rings (SSSR count). The van der Waals surface area contributed by atoms with Crippen LogP contribution in [-0.4, -0.2) is 23.4 Å². The van der Waals surface area contributed by atoms with Gasteiger partial charge in [0.15, 0.2) is 6.61 Å². The first-order chi connectivity index (χ1) is 11.9. The molecule has 0 heterocycles. The highest BCUT2D eigenvalue weighted by Gasteiger charge is 2.16. The molecule has 0 aliphatic heterocycles. The smallest absolute Gasteiger partial charge is 0.340 e. The van der Waals surface area contributed by atoms with E-state index in [2.05, 4.69) is 5.32 Å². The van der Waals surface area contributed by atoms with Gasteiger partial charge in [-0.3, -0.25) is 14.9 Å². The van der Waals surface area contributed by atoms with Crippen LogP contribution in [0.5, 0.6) is 0 Å². The molecule has 0 bridgehead atoms. The summed E-state index contributed by atoms with van der Waals surface area (Å²) in [5.74, 6) is -1.37. The summed E-state index contributed by atoms with van der Waals surface area (Å²) >= 11 is 5.97. The average molecular weight is 364 g/mol. The number of amides is 1. The normalized spacial score (nSPS) is 10.1. The predicted octanol–water partition coefficient (Wildman–Crippen LogP) is 2.30. The van der Waals surface area contributed by atoms with Gasteiger partial charge in [-0.1, -0.05) is 29.8 Å². The zero-order valence-electron chi connectivity index (χ0n) is 12.9. The van der Waals surface area contributed by atoms with Crippen molar-refractivity contribution in [3.05, 3.63) is 68.7 Å². The van der Waals surface area contributed by atoms with Gasteiger partial charge in [0.2, 0.25) is 0 Å². The first-order valence-corrected chi connectivity index (χ1v) is 7.47. The van der Waals surface area contributed by atoms with Crippen LogP contribution in [0.3, 0.4) is 0 Å². The molecule has 0 spiro atoms. The molecule has 3 N–H and O–H groups in total. The lowest BCUT2D eigenvalue weighted by Gasteiger charge is -2.08. The molecule has 0 atom stereocenters. The number of halogens is 1. The van der Waals surface area contributed by atoms with Crippen molar-refractivity contribution in [2.45, 2.75) is 6.54 Å². The molecular formula is C16H14ClN3O5. The number of nitro benzene ring substituents is 1. The minimum Gasteiger partial charge on any atom is -0.452 e. The molecule has 25 heavy (non-hydrogen) atoms. The number of hydrogen-bond donors (Lipinski definition) is 2. The summed E-state index contributed by atoms with van der Waals surface area (Å²) < 4.78 is 4.86. The van der Waals surface area contributed by atoms with Gasteiger partial charge >= 0.3 is 5.97 Å². The van der Waals surface area contributed by atoms with Gasteiger partial charge in [-0.15, -0.1) is 0 Å².